The topological polar surface area (TPSA) is 105 Å². The van der Waals surface area contributed by atoms with Crippen LogP contribution in [0.5, 0.6) is 0 Å². The molecule has 1 N–H and O–H groups in total. The van der Waals surface area contributed by atoms with Gasteiger partial charge in [0.15, 0.2) is 8.32 Å². The number of carbonyl (C=O) groups is 1. The van der Waals surface area contributed by atoms with Gasteiger partial charge in [0.25, 0.3) is 0 Å². The summed E-state index contributed by atoms with van der Waals surface area (Å²) in [6, 6.07) is 0. The Morgan fingerprint density at radius 2 is 2.04 bits per heavy atom. The van der Waals surface area contributed by atoms with Gasteiger partial charge in [-0.1, -0.05) is 32.0 Å². The van der Waals surface area contributed by atoms with Gasteiger partial charge in [-0.2, -0.15) is 0 Å². The number of hydrogen-bond acceptors (Lipinski definition) is 5. The van der Waals surface area contributed by atoms with Crippen molar-refractivity contribution < 1.29 is 19.1 Å². The molecule has 7 nitrogen and oxygen atoms in total. The van der Waals surface area contributed by atoms with Crippen LogP contribution in [0.15, 0.2) is 17.3 Å². The fourth-order valence-electron chi connectivity index (χ4n) is 1.73. The lowest BCUT2D eigenvalue weighted by Crippen LogP contribution is -2.48. The molecule has 0 heterocycles. The second-order valence-corrected chi connectivity index (χ2v) is 11.9. The molecule has 0 aliphatic heterocycles. The first-order valence-electron chi connectivity index (χ1n) is 8.25. The molecule has 0 aliphatic carbocycles. The largest absolute Gasteiger partial charge is 0.463 e. The second kappa shape index (κ2) is 10.5. The molecule has 0 aromatic carbocycles. The fraction of sp³-hybridized carbons (Fsp3) is 0.812. The lowest BCUT2D eigenvalue weighted by Gasteiger charge is -2.40. The number of aliphatic hydroxyl groups is 1. The molecule has 0 aromatic heterocycles. The molecule has 138 valence electrons. The molecule has 0 fully saturated rings. The highest BCUT2D eigenvalue weighted by Gasteiger charge is 2.40. The van der Waals surface area contributed by atoms with Crippen LogP contribution in [-0.4, -0.2) is 44.8 Å². The van der Waals surface area contributed by atoms with E-state index in [1.54, 1.807) is 13.0 Å². The van der Waals surface area contributed by atoms with Gasteiger partial charge in [0.1, 0.15) is 0 Å². The molecule has 0 saturated heterocycles. The summed E-state index contributed by atoms with van der Waals surface area (Å²) < 4.78 is 11.0. The molecular weight excluding hydrogens is 326 g/mol. The minimum absolute atomic E-state index is 0.00879. The number of carbonyl (C=O) groups excluding carboxylic acids is 1. The zero-order valence-electron chi connectivity index (χ0n) is 15.7. The van der Waals surface area contributed by atoms with Gasteiger partial charge in [0, 0.05) is 11.0 Å². The van der Waals surface area contributed by atoms with Crippen molar-refractivity contribution in [2.24, 2.45) is 5.11 Å². The molecule has 0 saturated carbocycles. The predicted molar refractivity (Wildman–Crippen MR) is 97.1 cm³/mol. The fourth-order valence-corrected chi connectivity index (χ4v) is 3.07. The molecule has 2 atom stereocenters. The smallest absolute Gasteiger partial charge is 0.330 e. The highest BCUT2D eigenvalue weighted by Crippen LogP contribution is 2.37. The monoisotopic (exact) mass is 357 g/mol. The summed E-state index contributed by atoms with van der Waals surface area (Å²) >= 11 is 0. The predicted octanol–water partition coefficient (Wildman–Crippen LogP) is 3.95. The number of azide groups is 1. The Bertz CT molecular complexity index is 468. The first-order valence-corrected chi connectivity index (χ1v) is 11.2. The van der Waals surface area contributed by atoms with E-state index in [0.29, 0.717) is 19.4 Å². The van der Waals surface area contributed by atoms with Gasteiger partial charge >= 0.3 is 5.97 Å². The third kappa shape index (κ3) is 8.49. The van der Waals surface area contributed by atoms with E-state index in [1.165, 1.54) is 6.08 Å². The van der Waals surface area contributed by atoms with Crippen LogP contribution >= 0.6 is 0 Å². The lowest BCUT2D eigenvalue weighted by molar-refractivity contribution is -0.137. The average molecular weight is 358 g/mol. The number of hydrogen-bond donors (Lipinski definition) is 1. The first-order chi connectivity index (χ1) is 11.0. The quantitative estimate of drug-likeness (QED) is 0.160. The number of allylic oxidation sites excluding steroid dienone is 1. The number of ether oxygens (including phenoxy) is 1. The van der Waals surface area contributed by atoms with E-state index in [2.05, 4.69) is 43.9 Å². The molecule has 0 aliphatic rings. The molecule has 0 radical (unpaired) electrons. The van der Waals surface area contributed by atoms with E-state index < -0.39 is 26.5 Å². The standard InChI is InChI=1S/C16H31N3O4Si/c1-7-22-15(21)11-9-8-10-13(20)14(12-18-19-17)23-24(5,6)16(2,3)4/h9,11,13-14,20H,7-8,10,12H2,1-6H3/b11-9+/t13-,14+/m0/s1. The number of nitrogens with zero attached hydrogens (tertiary/aromatic N) is 3. The molecule has 0 amide bonds. The number of rotatable bonds is 10. The molecule has 0 rings (SSSR count). The third-order valence-corrected chi connectivity index (χ3v) is 8.68. The van der Waals surface area contributed by atoms with Crippen LogP contribution in [0.1, 0.15) is 40.5 Å². The summed E-state index contributed by atoms with van der Waals surface area (Å²) in [6.07, 6.45) is 2.63. The van der Waals surface area contributed by atoms with Crippen LogP contribution in [0.4, 0.5) is 0 Å². The van der Waals surface area contributed by atoms with Gasteiger partial charge in [-0.3, -0.25) is 0 Å². The van der Waals surface area contributed by atoms with Crippen LogP contribution in [0, 0.1) is 0 Å². The van der Waals surface area contributed by atoms with Crippen molar-refractivity contribution in [3.63, 3.8) is 0 Å². The van der Waals surface area contributed by atoms with Crippen molar-refractivity contribution in [2.45, 2.75) is 70.9 Å². The maximum absolute atomic E-state index is 11.2. The Labute approximate surface area is 145 Å². The summed E-state index contributed by atoms with van der Waals surface area (Å²) in [5, 5.41) is 14.0. The summed E-state index contributed by atoms with van der Waals surface area (Å²) in [5.41, 5.74) is 8.55. The molecule has 0 spiro atoms. The van der Waals surface area contributed by atoms with Crippen LogP contribution in [0.3, 0.4) is 0 Å². The molecule has 0 aromatic rings. The zero-order chi connectivity index (χ0) is 18.8. The van der Waals surface area contributed by atoms with Gasteiger partial charge in [-0.05, 0) is 43.4 Å². The highest BCUT2D eigenvalue weighted by atomic mass is 28.4. The van der Waals surface area contributed by atoms with Gasteiger partial charge in [-0.15, -0.1) is 0 Å². The third-order valence-electron chi connectivity index (χ3n) is 4.18. The SMILES string of the molecule is CCOC(=O)/C=C/CC[C@H](O)[C@@H](CN=[N+]=[N-])O[Si](C)(C)C(C)(C)C. The molecule has 8 heteroatoms. The van der Waals surface area contributed by atoms with Crippen LogP contribution in [-0.2, 0) is 14.0 Å². The summed E-state index contributed by atoms with van der Waals surface area (Å²) in [7, 11) is -2.09. The number of aliphatic hydroxyl groups excluding tert-OH is 1. The summed E-state index contributed by atoms with van der Waals surface area (Å²) in [5.74, 6) is -0.393. The Kier molecular flexibility index (Phi) is 9.92. The van der Waals surface area contributed by atoms with Gasteiger partial charge in [0.05, 0.1) is 25.4 Å². The minimum atomic E-state index is -2.09. The normalized spacial score (nSPS) is 15.0. The molecule has 24 heavy (non-hydrogen) atoms. The van der Waals surface area contributed by atoms with Crippen LogP contribution < -0.4 is 0 Å². The maximum Gasteiger partial charge on any atom is 0.330 e. The van der Waals surface area contributed by atoms with Crippen molar-refractivity contribution >= 4 is 14.3 Å². The van der Waals surface area contributed by atoms with Crippen molar-refractivity contribution in [1.82, 2.24) is 0 Å². The molecule has 0 unspecified atom stereocenters. The Morgan fingerprint density at radius 1 is 1.42 bits per heavy atom. The lowest BCUT2D eigenvalue weighted by atomic mass is 10.1. The first kappa shape index (κ1) is 22.7. The van der Waals surface area contributed by atoms with E-state index >= 15 is 0 Å². The van der Waals surface area contributed by atoms with Gasteiger partial charge < -0.3 is 14.3 Å². The van der Waals surface area contributed by atoms with E-state index in [0.717, 1.165) is 0 Å². The van der Waals surface area contributed by atoms with Crippen LogP contribution in [0.25, 0.3) is 10.4 Å². The number of esters is 1. The van der Waals surface area contributed by atoms with Gasteiger partial charge in [0.2, 0.25) is 0 Å². The molecular formula is C16H31N3O4Si. The Hall–Kier alpha value is -1.34. The van der Waals surface area contributed by atoms with Gasteiger partial charge in [-0.25, -0.2) is 4.79 Å². The van der Waals surface area contributed by atoms with E-state index in [1.807, 2.05) is 0 Å². The molecule has 0 bridgehead atoms. The highest BCUT2D eigenvalue weighted by molar-refractivity contribution is 6.74. The zero-order valence-corrected chi connectivity index (χ0v) is 16.7. The minimum Gasteiger partial charge on any atom is -0.463 e. The van der Waals surface area contributed by atoms with Crippen molar-refractivity contribution in [3.8, 4) is 0 Å². The Morgan fingerprint density at radius 3 is 2.54 bits per heavy atom. The Balaban J connectivity index is 4.75. The van der Waals surface area contributed by atoms with E-state index in [-0.39, 0.29) is 11.6 Å². The van der Waals surface area contributed by atoms with Crippen molar-refractivity contribution in [1.29, 1.82) is 0 Å². The average Bonchev–Trinajstić information content (AvgIpc) is 2.46. The van der Waals surface area contributed by atoms with E-state index in [4.69, 9.17) is 14.7 Å². The van der Waals surface area contributed by atoms with Crippen molar-refractivity contribution in [3.05, 3.63) is 22.6 Å². The maximum atomic E-state index is 11.2. The second-order valence-electron chi connectivity index (χ2n) is 7.13. The van der Waals surface area contributed by atoms with E-state index in [9.17, 15) is 9.90 Å². The van der Waals surface area contributed by atoms with Crippen LogP contribution in [0.2, 0.25) is 18.1 Å². The summed E-state index contributed by atoms with van der Waals surface area (Å²) in [4.78, 5) is 14.0. The summed E-state index contributed by atoms with van der Waals surface area (Å²) in [6.45, 7) is 12.7. The van der Waals surface area contributed by atoms with Crippen molar-refractivity contribution in [2.75, 3.05) is 13.2 Å².